The van der Waals surface area contributed by atoms with E-state index in [1.54, 1.807) is 0 Å². The summed E-state index contributed by atoms with van der Waals surface area (Å²) in [6, 6.07) is 17.9. The Kier molecular flexibility index (Phi) is 6.74. The van der Waals surface area contributed by atoms with Crippen LogP contribution in [0.25, 0.3) is 11.1 Å². The predicted octanol–water partition coefficient (Wildman–Crippen LogP) is 7.68. The van der Waals surface area contributed by atoms with Crippen molar-refractivity contribution in [3.63, 3.8) is 0 Å². The predicted molar refractivity (Wildman–Crippen MR) is 142 cm³/mol. The molecule has 0 aliphatic heterocycles. The molecule has 0 N–H and O–H groups in total. The number of aliphatic imine (C=N–C) groups is 2. The molecule has 0 radical (unpaired) electrons. The molecular weight excluding hydrogens is 388 g/mol. The van der Waals surface area contributed by atoms with Gasteiger partial charge in [0, 0.05) is 25.2 Å². The summed E-state index contributed by atoms with van der Waals surface area (Å²) in [5, 5.41) is 0. The van der Waals surface area contributed by atoms with Crippen molar-refractivity contribution >= 4 is 22.6 Å². The van der Waals surface area contributed by atoms with E-state index < -0.39 is 0 Å². The van der Waals surface area contributed by atoms with Crippen molar-refractivity contribution in [2.45, 2.75) is 65.7 Å². The summed E-state index contributed by atoms with van der Waals surface area (Å²) in [4.78, 5) is 9.41. The number of allylic oxidation sites excluding steroid dienone is 4. The van der Waals surface area contributed by atoms with Crippen molar-refractivity contribution in [2.24, 2.45) is 9.98 Å². The number of rotatable bonds is 4. The zero-order chi connectivity index (χ0) is 23.7. The fourth-order valence-electron chi connectivity index (χ4n) is 4.26. The highest BCUT2D eigenvalue weighted by Gasteiger charge is 2.27. The molecule has 2 heteroatoms. The number of nitrogens with zero attached hydrogens (tertiary/aromatic N) is 2. The zero-order valence-corrected chi connectivity index (χ0v) is 21.3. The van der Waals surface area contributed by atoms with Crippen LogP contribution in [-0.2, 0) is 10.8 Å². The Labute approximate surface area is 194 Å². The Morgan fingerprint density at radius 2 is 1.19 bits per heavy atom. The van der Waals surface area contributed by atoms with Gasteiger partial charge in [0.25, 0.3) is 0 Å². The van der Waals surface area contributed by atoms with Gasteiger partial charge < -0.3 is 0 Å². The third-order valence-corrected chi connectivity index (χ3v) is 6.82. The molecule has 3 rings (SSSR count). The largest absolute Gasteiger partial charge is 0.286 e. The summed E-state index contributed by atoms with van der Waals surface area (Å²) in [5.74, 6) is 0. The molecule has 0 amide bonds. The highest BCUT2D eigenvalue weighted by Crippen LogP contribution is 2.35. The first-order valence-corrected chi connectivity index (χ1v) is 11.6. The van der Waals surface area contributed by atoms with Gasteiger partial charge in [0.1, 0.15) is 0 Å². The monoisotopic (exact) mass is 426 g/mol. The molecule has 168 valence electrons. The summed E-state index contributed by atoms with van der Waals surface area (Å²) in [7, 11) is 3.73. The van der Waals surface area contributed by atoms with Gasteiger partial charge in [0.2, 0.25) is 0 Å². The lowest BCUT2D eigenvalue weighted by molar-refractivity contribution is 0.506. The Hall–Kier alpha value is -2.74. The number of benzene rings is 2. The Bertz CT molecular complexity index is 1100. The minimum atomic E-state index is 0.137. The summed E-state index contributed by atoms with van der Waals surface area (Å²) in [5.41, 5.74) is 10.8. The lowest BCUT2D eigenvalue weighted by Gasteiger charge is -2.26. The minimum Gasteiger partial charge on any atom is -0.286 e. The lowest BCUT2D eigenvalue weighted by Crippen LogP contribution is -2.23. The molecule has 0 heterocycles. The molecule has 32 heavy (non-hydrogen) atoms. The van der Waals surface area contributed by atoms with Gasteiger partial charge in [0.15, 0.2) is 0 Å². The average Bonchev–Trinajstić information content (AvgIpc) is 2.77. The van der Waals surface area contributed by atoms with Gasteiger partial charge in [-0.2, -0.15) is 0 Å². The first-order chi connectivity index (χ1) is 15.0. The molecule has 0 aromatic heterocycles. The number of hydrogen-bond acceptors (Lipinski definition) is 2. The van der Waals surface area contributed by atoms with Crippen LogP contribution < -0.4 is 0 Å². The van der Waals surface area contributed by atoms with Crippen LogP contribution in [0.1, 0.15) is 77.1 Å². The van der Waals surface area contributed by atoms with Crippen LogP contribution in [-0.4, -0.2) is 25.5 Å². The van der Waals surface area contributed by atoms with Crippen LogP contribution in [0.3, 0.4) is 0 Å². The van der Waals surface area contributed by atoms with E-state index in [4.69, 9.17) is 9.98 Å². The molecule has 1 aliphatic carbocycles. The average molecular weight is 427 g/mol. The maximum absolute atomic E-state index is 4.71. The fourth-order valence-corrected chi connectivity index (χ4v) is 4.26. The molecule has 2 aromatic rings. The van der Waals surface area contributed by atoms with E-state index in [0.29, 0.717) is 0 Å². The molecule has 2 nitrogen and oxygen atoms in total. The van der Waals surface area contributed by atoms with Crippen molar-refractivity contribution in [3.8, 4) is 0 Å². The third kappa shape index (κ3) is 4.55. The van der Waals surface area contributed by atoms with Crippen LogP contribution >= 0.6 is 0 Å². The molecule has 0 saturated carbocycles. The summed E-state index contributed by atoms with van der Waals surface area (Å²) >= 11 is 0. The molecule has 0 fully saturated rings. The Morgan fingerprint density at radius 3 is 1.66 bits per heavy atom. The zero-order valence-electron chi connectivity index (χ0n) is 21.3. The van der Waals surface area contributed by atoms with E-state index >= 15 is 0 Å². The molecular formula is C30H38N2. The van der Waals surface area contributed by atoms with Crippen molar-refractivity contribution in [2.75, 3.05) is 14.1 Å². The fraction of sp³-hybridized carbons (Fsp3) is 0.400. The van der Waals surface area contributed by atoms with Crippen molar-refractivity contribution in [1.82, 2.24) is 0 Å². The Morgan fingerprint density at radius 1 is 0.688 bits per heavy atom. The van der Waals surface area contributed by atoms with E-state index in [2.05, 4.69) is 103 Å². The van der Waals surface area contributed by atoms with Gasteiger partial charge in [-0.15, -0.1) is 0 Å². The third-order valence-electron chi connectivity index (χ3n) is 6.82. The van der Waals surface area contributed by atoms with Crippen molar-refractivity contribution in [1.29, 1.82) is 0 Å². The quantitative estimate of drug-likeness (QED) is 0.448. The van der Waals surface area contributed by atoms with Crippen LogP contribution in [0.2, 0.25) is 0 Å². The van der Waals surface area contributed by atoms with Crippen molar-refractivity contribution in [3.05, 3.63) is 82.4 Å². The van der Waals surface area contributed by atoms with Crippen LogP contribution in [0, 0.1) is 0 Å². The van der Waals surface area contributed by atoms with Gasteiger partial charge >= 0.3 is 0 Å². The SMILES string of the molecule is CCC(C)(C)c1ccc(C2=CC(C)=C(c3ccc(C(C)(C)C)cc3)C(=NC)C2=NC)cc1. The van der Waals surface area contributed by atoms with Crippen LogP contribution in [0.4, 0.5) is 0 Å². The molecule has 1 aliphatic rings. The normalized spacial score (nSPS) is 17.8. The van der Waals surface area contributed by atoms with Gasteiger partial charge in [-0.3, -0.25) is 9.98 Å². The first kappa shape index (κ1) is 23.9. The number of hydrogen-bond donors (Lipinski definition) is 0. The molecule has 0 saturated heterocycles. The second-order valence-corrected chi connectivity index (χ2v) is 10.4. The van der Waals surface area contributed by atoms with Gasteiger partial charge in [-0.25, -0.2) is 0 Å². The maximum atomic E-state index is 4.71. The maximum Gasteiger partial charge on any atom is 0.0910 e. The van der Waals surface area contributed by atoms with Crippen molar-refractivity contribution < 1.29 is 0 Å². The van der Waals surface area contributed by atoms with E-state index in [1.807, 2.05) is 14.1 Å². The first-order valence-electron chi connectivity index (χ1n) is 11.6. The molecule has 0 spiro atoms. The lowest BCUT2D eigenvalue weighted by atomic mass is 9.79. The van der Waals surface area contributed by atoms with E-state index in [9.17, 15) is 0 Å². The Balaban J connectivity index is 2.10. The topological polar surface area (TPSA) is 24.7 Å². The van der Waals surface area contributed by atoms with Gasteiger partial charge in [-0.05, 0) is 58.1 Å². The van der Waals surface area contributed by atoms with E-state index in [0.717, 1.165) is 23.4 Å². The highest BCUT2D eigenvalue weighted by atomic mass is 14.8. The molecule has 0 bridgehead atoms. The molecule has 2 aromatic carbocycles. The highest BCUT2D eigenvalue weighted by molar-refractivity contribution is 6.70. The summed E-state index contributed by atoms with van der Waals surface area (Å²) < 4.78 is 0. The second-order valence-electron chi connectivity index (χ2n) is 10.4. The molecule has 0 unspecified atom stereocenters. The van der Waals surface area contributed by atoms with Crippen LogP contribution in [0.15, 0.2) is 70.2 Å². The van der Waals surface area contributed by atoms with E-state index in [1.165, 1.54) is 33.4 Å². The van der Waals surface area contributed by atoms with E-state index in [-0.39, 0.29) is 10.8 Å². The standard InChI is InChI=1S/C30H38N2/c1-10-30(6,7)24-17-11-21(12-18-24)25-19-20(2)26(28(32-9)27(25)31-8)22-13-15-23(16-14-22)29(3,4)5/h11-19H,10H2,1-9H3. The molecule has 0 atom stereocenters. The second kappa shape index (κ2) is 9.02. The summed E-state index contributed by atoms with van der Waals surface area (Å²) in [6.07, 6.45) is 3.38. The van der Waals surface area contributed by atoms with Gasteiger partial charge in [-0.1, -0.05) is 90.1 Å². The summed E-state index contributed by atoms with van der Waals surface area (Å²) in [6.45, 7) is 15.8. The van der Waals surface area contributed by atoms with Gasteiger partial charge in [0.05, 0.1) is 11.4 Å². The smallest absolute Gasteiger partial charge is 0.0910 e. The minimum absolute atomic E-state index is 0.137. The van der Waals surface area contributed by atoms with Crippen LogP contribution in [0.5, 0.6) is 0 Å².